The van der Waals surface area contributed by atoms with E-state index in [1.807, 2.05) is 68.4 Å². The van der Waals surface area contributed by atoms with Crippen LogP contribution in [0.15, 0.2) is 72.8 Å². The minimum Gasteiger partial charge on any atom is -0.352 e. The van der Waals surface area contributed by atoms with Crippen molar-refractivity contribution in [1.29, 1.82) is 0 Å². The van der Waals surface area contributed by atoms with Crippen molar-refractivity contribution in [3.8, 4) is 0 Å². The Kier molecular flexibility index (Phi) is 11.9. The summed E-state index contributed by atoms with van der Waals surface area (Å²) in [5.41, 5.74) is 4.32. The number of anilines is 1. The minimum atomic E-state index is -3.58. The molecule has 1 N–H and O–H groups in total. The second-order valence-corrected chi connectivity index (χ2v) is 14.2. The zero-order chi connectivity index (χ0) is 31.7. The molecular weight excluding hydrogens is 594 g/mol. The standard InChI is InChI=1S/C35H44ClN3O4S/c1-26-12-10-17-32(27(26)2)39(44(3,42)43)23-11-18-34(40)38(25-29-19-21-30(36)22-20-29)33(24-28-13-6-4-7-14-28)35(41)37-31-15-8-5-9-16-31/h4,6-7,10,12-14,17,19-22,31,33H,5,8-9,11,15-16,18,23-25H2,1-3H3,(H,37,41)/t33-/m0/s1. The van der Waals surface area contributed by atoms with Crippen LogP contribution in [0.5, 0.6) is 0 Å². The molecule has 3 aromatic rings. The van der Waals surface area contributed by atoms with Crippen molar-refractivity contribution >= 4 is 39.1 Å². The Bertz CT molecular complexity index is 1510. The molecule has 0 heterocycles. The molecule has 0 saturated heterocycles. The van der Waals surface area contributed by atoms with Gasteiger partial charge in [-0.15, -0.1) is 0 Å². The predicted octanol–water partition coefficient (Wildman–Crippen LogP) is 6.59. The summed E-state index contributed by atoms with van der Waals surface area (Å²) in [5, 5.41) is 3.85. The van der Waals surface area contributed by atoms with E-state index in [1.54, 1.807) is 23.1 Å². The van der Waals surface area contributed by atoms with Crippen LogP contribution in [0.4, 0.5) is 5.69 Å². The van der Waals surface area contributed by atoms with Crippen molar-refractivity contribution in [2.75, 3.05) is 17.1 Å². The Morgan fingerprint density at radius 2 is 1.59 bits per heavy atom. The smallest absolute Gasteiger partial charge is 0.243 e. The average molecular weight is 638 g/mol. The molecule has 0 radical (unpaired) electrons. The molecule has 1 fully saturated rings. The van der Waals surface area contributed by atoms with Crippen molar-refractivity contribution < 1.29 is 18.0 Å². The summed E-state index contributed by atoms with van der Waals surface area (Å²) in [6.07, 6.45) is 7.17. The molecule has 1 aliphatic carbocycles. The first-order valence-electron chi connectivity index (χ1n) is 15.4. The summed E-state index contributed by atoms with van der Waals surface area (Å²) >= 11 is 6.15. The van der Waals surface area contributed by atoms with Gasteiger partial charge in [-0.25, -0.2) is 8.42 Å². The molecule has 0 spiro atoms. The fourth-order valence-corrected chi connectivity index (χ4v) is 7.01. The lowest BCUT2D eigenvalue weighted by Gasteiger charge is -2.34. The van der Waals surface area contributed by atoms with E-state index < -0.39 is 16.1 Å². The Morgan fingerprint density at radius 3 is 2.25 bits per heavy atom. The average Bonchev–Trinajstić information content (AvgIpc) is 3.00. The number of hydrogen-bond acceptors (Lipinski definition) is 4. The van der Waals surface area contributed by atoms with Crippen LogP contribution in [-0.2, 0) is 32.6 Å². The highest BCUT2D eigenvalue weighted by Gasteiger charge is 2.32. The van der Waals surface area contributed by atoms with Gasteiger partial charge in [0, 0.05) is 37.0 Å². The van der Waals surface area contributed by atoms with Gasteiger partial charge in [0.1, 0.15) is 6.04 Å². The van der Waals surface area contributed by atoms with Gasteiger partial charge in [-0.3, -0.25) is 13.9 Å². The lowest BCUT2D eigenvalue weighted by molar-refractivity contribution is -0.141. The highest BCUT2D eigenvalue weighted by molar-refractivity contribution is 7.92. The quantitative estimate of drug-likeness (QED) is 0.229. The van der Waals surface area contributed by atoms with Crippen molar-refractivity contribution in [2.24, 2.45) is 0 Å². The van der Waals surface area contributed by atoms with Crippen LogP contribution >= 0.6 is 11.6 Å². The zero-order valence-corrected chi connectivity index (χ0v) is 27.5. The van der Waals surface area contributed by atoms with Crippen LogP contribution in [0.2, 0.25) is 5.02 Å². The molecule has 1 saturated carbocycles. The van der Waals surface area contributed by atoms with Crippen LogP contribution in [0, 0.1) is 13.8 Å². The van der Waals surface area contributed by atoms with E-state index in [1.165, 1.54) is 17.0 Å². The zero-order valence-electron chi connectivity index (χ0n) is 26.0. The number of aryl methyl sites for hydroxylation is 1. The number of sulfonamides is 1. The first kappa shape index (κ1) is 33.5. The van der Waals surface area contributed by atoms with E-state index >= 15 is 0 Å². The molecule has 2 amide bonds. The molecule has 0 unspecified atom stereocenters. The Labute approximate surface area is 267 Å². The number of amides is 2. The van der Waals surface area contributed by atoms with Gasteiger partial charge >= 0.3 is 0 Å². The molecule has 9 heteroatoms. The van der Waals surface area contributed by atoms with E-state index in [2.05, 4.69) is 5.32 Å². The van der Waals surface area contributed by atoms with Crippen molar-refractivity contribution in [2.45, 2.75) is 83.8 Å². The fourth-order valence-electron chi connectivity index (χ4n) is 5.87. The van der Waals surface area contributed by atoms with Crippen molar-refractivity contribution in [3.05, 3.63) is 100 Å². The Balaban J connectivity index is 1.60. The predicted molar refractivity (Wildman–Crippen MR) is 178 cm³/mol. The molecule has 1 aliphatic rings. The monoisotopic (exact) mass is 637 g/mol. The number of hydrogen-bond donors (Lipinski definition) is 1. The maximum atomic E-state index is 14.1. The first-order valence-corrected chi connectivity index (χ1v) is 17.7. The summed E-state index contributed by atoms with van der Waals surface area (Å²) < 4.78 is 27.0. The normalized spacial score (nSPS) is 14.5. The van der Waals surface area contributed by atoms with Crippen molar-refractivity contribution in [1.82, 2.24) is 10.2 Å². The Morgan fingerprint density at radius 1 is 0.909 bits per heavy atom. The topological polar surface area (TPSA) is 86.8 Å². The lowest BCUT2D eigenvalue weighted by atomic mass is 9.94. The minimum absolute atomic E-state index is 0.0898. The van der Waals surface area contributed by atoms with E-state index in [9.17, 15) is 18.0 Å². The van der Waals surface area contributed by atoms with Crippen molar-refractivity contribution in [3.63, 3.8) is 0 Å². The summed E-state index contributed by atoms with van der Waals surface area (Å²) in [5.74, 6) is -0.356. The number of rotatable bonds is 13. The molecule has 1 atom stereocenters. The SMILES string of the molecule is Cc1cccc(N(CCCC(=O)N(Cc2ccc(Cl)cc2)[C@@H](Cc2ccccc2)C(=O)NC2CCCCC2)S(C)(=O)=O)c1C. The van der Waals surface area contributed by atoms with Gasteiger partial charge in [0.25, 0.3) is 0 Å². The number of nitrogens with one attached hydrogen (secondary N) is 1. The third-order valence-corrected chi connectivity index (χ3v) is 9.92. The molecule has 4 rings (SSSR count). The molecule has 0 aliphatic heterocycles. The highest BCUT2D eigenvalue weighted by atomic mass is 35.5. The number of carbonyl (C=O) groups excluding carboxylic acids is 2. The summed E-state index contributed by atoms with van der Waals surface area (Å²) in [7, 11) is -3.58. The summed E-state index contributed by atoms with van der Waals surface area (Å²) in [6.45, 7) is 4.24. The molecule has 0 aromatic heterocycles. The number of benzene rings is 3. The fraction of sp³-hybridized carbons (Fsp3) is 0.429. The van der Waals surface area contributed by atoms with Gasteiger partial charge in [0.2, 0.25) is 21.8 Å². The molecule has 236 valence electrons. The van der Waals surface area contributed by atoms with Gasteiger partial charge in [-0.1, -0.05) is 85.5 Å². The van der Waals surface area contributed by atoms with Gasteiger partial charge in [-0.2, -0.15) is 0 Å². The van der Waals surface area contributed by atoms with Crippen LogP contribution in [0.1, 0.15) is 67.2 Å². The maximum absolute atomic E-state index is 14.1. The number of nitrogens with zero attached hydrogens (tertiary/aromatic N) is 2. The number of halogens is 1. The second kappa shape index (κ2) is 15.6. The van der Waals surface area contributed by atoms with Crippen LogP contribution in [0.25, 0.3) is 0 Å². The van der Waals surface area contributed by atoms with Gasteiger partial charge < -0.3 is 10.2 Å². The molecule has 3 aromatic carbocycles. The summed E-state index contributed by atoms with van der Waals surface area (Å²) in [4.78, 5) is 29.7. The van der Waals surface area contributed by atoms with Crippen LogP contribution < -0.4 is 9.62 Å². The van der Waals surface area contributed by atoms with Gasteiger partial charge in [0.05, 0.1) is 11.9 Å². The maximum Gasteiger partial charge on any atom is 0.243 e. The first-order chi connectivity index (χ1) is 21.0. The highest BCUT2D eigenvalue weighted by Crippen LogP contribution is 2.26. The van der Waals surface area contributed by atoms with Gasteiger partial charge in [0.15, 0.2) is 0 Å². The lowest BCUT2D eigenvalue weighted by Crippen LogP contribution is -2.52. The van der Waals surface area contributed by atoms with E-state index in [0.29, 0.717) is 23.6 Å². The van der Waals surface area contributed by atoms with E-state index in [4.69, 9.17) is 11.6 Å². The second-order valence-electron chi connectivity index (χ2n) is 11.9. The van der Waals surface area contributed by atoms with Crippen LogP contribution in [-0.4, -0.2) is 50.0 Å². The largest absolute Gasteiger partial charge is 0.352 e. The number of carbonyl (C=O) groups is 2. The summed E-state index contributed by atoms with van der Waals surface area (Å²) in [6, 6.07) is 22.0. The third-order valence-electron chi connectivity index (χ3n) is 8.49. The Hall–Kier alpha value is -3.36. The van der Waals surface area contributed by atoms with E-state index in [-0.39, 0.29) is 37.4 Å². The third kappa shape index (κ3) is 9.32. The molecule has 7 nitrogen and oxygen atoms in total. The molecule has 44 heavy (non-hydrogen) atoms. The van der Waals surface area contributed by atoms with E-state index in [0.717, 1.165) is 47.9 Å². The molecule has 0 bridgehead atoms. The van der Waals surface area contributed by atoms with Crippen LogP contribution in [0.3, 0.4) is 0 Å². The van der Waals surface area contributed by atoms with Gasteiger partial charge in [-0.05, 0) is 73.6 Å². The molecular formula is C35H44ClN3O4S.